The van der Waals surface area contributed by atoms with Crippen LogP contribution >= 0.6 is 15.9 Å². The van der Waals surface area contributed by atoms with Crippen molar-refractivity contribution in [3.8, 4) is 5.75 Å². The predicted molar refractivity (Wildman–Crippen MR) is 54.1 cm³/mol. The van der Waals surface area contributed by atoms with E-state index in [1.165, 1.54) is 19.5 Å². The molecular weight excluding hydrogens is 272 g/mol. The number of hydrogen-bond donors (Lipinski definition) is 1. The molecule has 0 radical (unpaired) electrons. The average Bonchev–Trinajstić information content (AvgIpc) is 2.16. The first-order chi connectivity index (χ1) is 7.03. The van der Waals surface area contributed by atoms with Gasteiger partial charge in [0.25, 0.3) is 5.92 Å². The van der Waals surface area contributed by atoms with Gasteiger partial charge in [-0.1, -0.05) is 0 Å². The van der Waals surface area contributed by atoms with Crippen LogP contribution in [0.5, 0.6) is 5.75 Å². The summed E-state index contributed by atoms with van der Waals surface area (Å²) in [6, 6.07) is 0. The summed E-state index contributed by atoms with van der Waals surface area (Å²) in [4.78, 5) is 3.72. The molecule has 0 unspecified atom stereocenters. The van der Waals surface area contributed by atoms with Crippen LogP contribution in [-0.2, 0) is 5.92 Å². The van der Waals surface area contributed by atoms with Crippen molar-refractivity contribution in [2.75, 3.05) is 13.7 Å². The van der Waals surface area contributed by atoms with Gasteiger partial charge in [0.2, 0.25) is 0 Å². The fraction of sp³-hybridized carbons (Fsp3) is 0.444. The summed E-state index contributed by atoms with van der Waals surface area (Å²) in [7, 11) is 1.29. The van der Waals surface area contributed by atoms with Crippen molar-refractivity contribution in [2.45, 2.75) is 12.3 Å². The Morgan fingerprint density at radius 2 is 2.20 bits per heavy atom. The molecule has 0 atom stereocenters. The molecule has 3 nitrogen and oxygen atoms in total. The lowest BCUT2D eigenvalue weighted by Crippen LogP contribution is -2.17. The number of methoxy groups -OCH3 is 1. The van der Waals surface area contributed by atoms with E-state index in [9.17, 15) is 8.78 Å². The average molecular weight is 282 g/mol. The molecule has 1 heterocycles. The van der Waals surface area contributed by atoms with Crippen LogP contribution in [0.4, 0.5) is 8.78 Å². The fourth-order valence-corrected chi connectivity index (χ4v) is 1.80. The van der Waals surface area contributed by atoms with Gasteiger partial charge in [-0.2, -0.15) is 0 Å². The molecule has 0 fully saturated rings. The summed E-state index contributed by atoms with van der Waals surface area (Å²) in [6.45, 7) is -0.592. The molecule has 15 heavy (non-hydrogen) atoms. The van der Waals surface area contributed by atoms with Crippen molar-refractivity contribution in [3.05, 3.63) is 22.4 Å². The highest BCUT2D eigenvalue weighted by Gasteiger charge is 2.36. The van der Waals surface area contributed by atoms with E-state index in [0.29, 0.717) is 0 Å². The molecule has 1 rings (SSSR count). The Morgan fingerprint density at radius 3 is 2.73 bits per heavy atom. The second kappa shape index (κ2) is 4.85. The lowest BCUT2D eigenvalue weighted by atomic mass is 10.1. The molecule has 1 N–H and O–H groups in total. The number of ether oxygens (including phenoxy) is 1. The van der Waals surface area contributed by atoms with Gasteiger partial charge in [0.15, 0.2) is 0 Å². The van der Waals surface area contributed by atoms with Gasteiger partial charge < -0.3 is 9.84 Å². The molecule has 0 amide bonds. The first-order valence-corrected chi connectivity index (χ1v) is 4.99. The third-order valence-electron chi connectivity index (χ3n) is 1.88. The van der Waals surface area contributed by atoms with Crippen LogP contribution in [0.25, 0.3) is 0 Å². The number of nitrogens with zero attached hydrogens (tertiary/aromatic N) is 1. The zero-order chi connectivity index (χ0) is 11.5. The van der Waals surface area contributed by atoms with Gasteiger partial charge in [0, 0.05) is 23.7 Å². The predicted octanol–water partition coefficient (Wildman–Crippen LogP) is 2.33. The number of halogens is 3. The van der Waals surface area contributed by atoms with Gasteiger partial charge in [-0.15, -0.1) is 0 Å². The molecule has 84 valence electrons. The largest absolute Gasteiger partial charge is 0.495 e. The molecule has 0 aromatic carbocycles. The Hall–Kier alpha value is -0.750. The van der Waals surface area contributed by atoms with Gasteiger partial charge >= 0.3 is 0 Å². The van der Waals surface area contributed by atoms with E-state index in [4.69, 9.17) is 9.84 Å². The molecule has 1 aromatic heterocycles. The Labute approximate surface area is 94.2 Å². The number of alkyl halides is 2. The lowest BCUT2D eigenvalue weighted by Gasteiger charge is -2.19. The van der Waals surface area contributed by atoms with E-state index in [1.54, 1.807) is 0 Å². The molecule has 0 aliphatic heterocycles. The minimum atomic E-state index is -3.14. The maximum absolute atomic E-state index is 13.6. The van der Waals surface area contributed by atoms with Crippen molar-refractivity contribution in [2.24, 2.45) is 0 Å². The Bertz CT molecular complexity index is 347. The summed E-state index contributed by atoms with van der Waals surface area (Å²) in [5, 5.41) is 8.57. The third kappa shape index (κ3) is 2.63. The van der Waals surface area contributed by atoms with Crippen LogP contribution < -0.4 is 4.74 Å². The molecule has 0 bridgehead atoms. The summed E-state index contributed by atoms with van der Waals surface area (Å²) >= 11 is 2.99. The van der Waals surface area contributed by atoms with Gasteiger partial charge in [-0.05, 0) is 15.9 Å². The summed E-state index contributed by atoms with van der Waals surface area (Å²) in [5.74, 6) is -3.13. The van der Waals surface area contributed by atoms with Crippen LogP contribution in [0.1, 0.15) is 12.0 Å². The number of hydrogen-bond acceptors (Lipinski definition) is 3. The van der Waals surface area contributed by atoms with E-state index in [2.05, 4.69) is 20.9 Å². The Balaban J connectivity index is 3.21. The zero-order valence-electron chi connectivity index (χ0n) is 8.01. The van der Waals surface area contributed by atoms with Crippen molar-refractivity contribution < 1.29 is 18.6 Å². The van der Waals surface area contributed by atoms with Gasteiger partial charge in [-0.3, -0.25) is 4.98 Å². The lowest BCUT2D eigenvalue weighted by molar-refractivity contribution is -0.0295. The quantitative estimate of drug-likeness (QED) is 0.921. The first kappa shape index (κ1) is 12.3. The van der Waals surface area contributed by atoms with E-state index in [1.807, 2.05) is 0 Å². The SMILES string of the molecule is COc1cncc(Br)c1C(F)(F)CCO. The maximum Gasteiger partial charge on any atom is 0.280 e. The molecule has 0 saturated heterocycles. The molecule has 1 aromatic rings. The van der Waals surface area contributed by atoms with E-state index >= 15 is 0 Å². The molecule has 0 aliphatic rings. The van der Waals surface area contributed by atoms with Crippen molar-refractivity contribution in [3.63, 3.8) is 0 Å². The smallest absolute Gasteiger partial charge is 0.280 e. The molecule has 0 spiro atoms. The van der Waals surface area contributed by atoms with Crippen LogP contribution in [-0.4, -0.2) is 23.8 Å². The summed E-state index contributed by atoms with van der Waals surface area (Å²) in [6.07, 6.45) is 1.83. The first-order valence-electron chi connectivity index (χ1n) is 4.19. The number of rotatable bonds is 4. The fourth-order valence-electron chi connectivity index (χ4n) is 1.19. The van der Waals surface area contributed by atoms with Gasteiger partial charge in [0.1, 0.15) is 5.75 Å². The molecule has 6 heteroatoms. The van der Waals surface area contributed by atoms with Crippen molar-refractivity contribution >= 4 is 15.9 Å². The Kier molecular flexibility index (Phi) is 3.98. The second-order valence-corrected chi connectivity index (χ2v) is 3.73. The number of aliphatic hydroxyl groups is 1. The zero-order valence-corrected chi connectivity index (χ0v) is 9.59. The van der Waals surface area contributed by atoms with Crippen LogP contribution in [0, 0.1) is 0 Å². The highest BCUT2D eigenvalue weighted by atomic mass is 79.9. The van der Waals surface area contributed by atoms with Crippen molar-refractivity contribution in [1.29, 1.82) is 0 Å². The minimum absolute atomic E-state index is 0.00262. The number of pyridine rings is 1. The van der Waals surface area contributed by atoms with E-state index in [-0.39, 0.29) is 15.8 Å². The highest BCUT2D eigenvalue weighted by molar-refractivity contribution is 9.10. The topological polar surface area (TPSA) is 42.4 Å². The van der Waals surface area contributed by atoms with Crippen LogP contribution in [0.3, 0.4) is 0 Å². The molecule has 0 saturated carbocycles. The third-order valence-corrected chi connectivity index (χ3v) is 2.48. The highest BCUT2D eigenvalue weighted by Crippen LogP contribution is 2.41. The van der Waals surface area contributed by atoms with Gasteiger partial charge in [0.05, 0.1) is 18.9 Å². The minimum Gasteiger partial charge on any atom is -0.495 e. The summed E-state index contributed by atoms with van der Waals surface area (Å²) < 4.78 is 32.1. The number of aromatic nitrogens is 1. The molecular formula is C9H10BrF2NO2. The van der Waals surface area contributed by atoms with Gasteiger partial charge in [-0.25, -0.2) is 8.78 Å². The van der Waals surface area contributed by atoms with Crippen LogP contribution in [0.15, 0.2) is 16.9 Å². The monoisotopic (exact) mass is 281 g/mol. The Morgan fingerprint density at radius 1 is 1.53 bits per heavy atom. The van der Waals surface area contributed by atoms with Crippen molar-refractivity contribution in [1.82, 2.24) is 4.98 Å². The second-order valence-electron chi connectivity index (χ2n) is 2.88. The van der Waals surface area contributed by atoms with Crippen LogP contribution in [0.2, 0.25) is 0 Å². The normalized spacial score (nSPS) is 11.5. The maximum atomic E-state index is 13.6. The number of aliphatic hydroxyl groups excluding tert-OH is 1. The summed E-state index contributed by atoms with van der Waals surface area (Å²) in [5.41, 5.74) is -0.283. The van der Waals surface area contributed by atoms with E-state index in [0.717, 1.165) is 0 Å². The van der Waals surface area contributed by atoms with E-state index < -0.39 is 19.0 Å². The standard InChI is InChI=1S/C9H10BrF2NO2/c1-15-7-5-13-4-6(10)8(7)9(11,12)2-3-14/h4-5,14H,2-3H2,1H3. The molecule has 0 aliphatic carbocycles.